The molecule has 132 valence electrons. The maximum atomic E-state index is 12.7. The Balaban J connectivity index is 2.33. The average molecular weight is 339 g/mol. The number of hydrogen-bond donors (Lipinski definition) is 3. The first-order valence-corrected chi connectivity index (χ1v) is 8.57. The molecule has 0 fully saturated rings. The zero-order chi connectivity index (χ0) is 18.2. The fraction of sp³-hybridized carbons (Fsp3) is 0.400. The van der Waals surface area contributed by atoms with Gasteiger partial charge in [0, 0.05) is 12.5 Å². The fourth-order valence-corrected chi connectivity index (χ4v) is 4.28. The van der Waals surface area contributed by atoms with Crippen LogP contribution in [-0.4, -0.2) is 28.0 Å². The summed E-state index contributed by atoms with van der Waals surface area (Å²) in [6, 6.07) is 7.93. The van der Waals surface area contributed by atoms with Gasteiger partial charge in [0.2, 0.25) is 5.91 Å². The molecule has 3 rings (SSSR count). The molecule has 1 aromatic heterocycles. The minimum absolute atomic E-state index is 0.119. The molecule has 0 saturated heterocycles. The predicted octanol–water partition coefficient (Wildman–Crippen LogP) is 2.60. The monoisotopic (exact) mass is 339 g/mol. The van der Waals surface area contributed by atoms with Crippen molar-refractivity contribution in [3.8, 4) is 0 Å². The van der Waals surface area contributed by atoms with Crippen LogP contribution in [-0.2, 0) is 15.8 Å². The number of benzene rings is 1. The molecule has 0 radical (unpaired) electrons. The van der Waals surface area contributed by atoms with E-state index in [4.69, 9.17) is 0 Å². The first-order valence-electron chi connectivity index (χ1n) is 8.57. The van der Waals surface area contributed by atoms with Crippen LogP contribution in [0.25, 0.3) is 6.08 Å². The largest absolute Gasteiger partial charge is 0.382 e. The molecule has 0 spiro atoms. The second-order valence-corrected chi connectivity index (χ2v) is 7.13. The van der Waals surface area contributed by atoms with Gasteiger partial charge in [-0.25, -0.2) is 4.98 Å². The molecule has 1 aliphatic carbocycles. The van der Waals surface area contributed by atoms with Crippen molar-refractivity contribution in [1.82, 2.24) is 15.3 Å². The van der Waals surface area contributed by atoms with Crippen molar-refractivity contribution < 1.29 is 9.90 Å². The number of imidazole rings is 1. The highest BCUT2D eigenvalue weighted by Crippen LogP contribution is 2.54. The molecule has 0 bridgehead atoms. The SMILES string of the molecule is CNC(=O)C1C=Cc2ccccc2C1(C)C(O)(c1cnc[nH]1)C(C)C. The smallest absolute Gasteiger partial charge is 0.227 e. The van der Waals surface area contributed by atoms with E-state index >= 15 is 0 Å². The summed E-state index contributed by atoms with van der Waals surface area (Å²) in [6.07, 6.45) is 7.06. The minimum atomic E-state index is -1.30. The van der Waals surface area contributed by atoms with Gasteiger partial charge in [0.25, 0.3) is 0 Å². The van der Waals surface area contributed by atoms with Crippen LogP contribution in [0, 0.1) is 11.8 Å². The van der Waals surface area contributed by atoms with Gasteiger partial charge in [-0.05, 0) is 17.0 Å². The number of aromatic nitrogens is 2. The van der Waals surface area contributed by atoms with Gasteiger partial charge in [-0.1, -0.05) is 57.2 Å². The third kappa shape index (κ3) is 2.34. The van der Waals surface area contributed by atoms with Crippen LogP contribution in [0.2, 0.25) is 0 Å². The van der Waals surface area contributed by atoms with E-state index in [0.29, 0.717) is 5.69 Å². The topological polar surface area (TPSA) is 78.0 Å². The van der Waals surface area contributed by atoms with Crippen LogP contribution < -0.4 is 5.32 Å². The molecule has 3 atom stereocenters. The molecule has 3 unspecified atom stereocenters. The van der Waals surface area contributed by atoms with Crippen LogP contribution in [0.1, 0.15) is 37.6 Å². The summed E-state index contributed by atoms with van der Waals surface area (Å²) in [5, 5.41) is 14.8. The Labute approximate surface area is 148 Å². The quantitative estimate of drug-likeness (QED) is 0.801. The Kier molecular flexibility index (Phi) is 4.29. The van der Waals surface area contributed by atoms with E-state index in [-0.39, 0.29) is 11.8 Å². The van der Waals surface area contributed by atoms with E-state index in [9.17, 15) is 9.90 Å². The lowest BCUT2D eigenvalue weighted by Gasteiger charge is -2.52. The number of amides is 1. The number of nitrogens with one attached hydrogen (secondary N) is 2. The number of fused-ring (bicyclic) bond motifs is 1. The van der Waals surface area contributed by atoms with Gasteiger partial charge in [0.15, 0.2) is 0 Å². The van der Waals surface area contributed by atoms with E-state index in [2.05, 4.69) is 15.3 Å². The number of H-pyrrole nitrogens is 1. The van der Waals surface area contributed by atoms with Gasteiger partial charge in [0.1, 0.15) is 5.60 Å². The Morgan fingerprint density at radius 1 is 1.40 bits per heavy atom. The molecule has 3 N–H and O–H groups in total. The summed E-state index contributed by atoms with van der Waals surface area (Å²) in [5.41, 5.74) is 0.422. The Morgan fingerprint density at radius 3 is 2.72 bits per heavy atom. The third-order valence-corrected chi connectivity index (χ3v) is 5.68. The van der Waals surface area contributed by atoms with Crippen LogP contribution in [0.15, 0.2) is 42.9 Å². The average Bonchev–Trinajstić information content (AvgIpc) is 3.15. The van der Waals surface area contributed by atoms with E-state index in [1.54, 1.807) is 19.6 Å². The molecule has 1 heterocycles. The highest BCUT2D eigenvalue weighted by atomic mass is 16.3. The van der Waals surface area contributed by atoms with Crippen LogP contribution >= 0.6 is 0 Å². The Morgan fingerprint density at radius 2 is 2.12 bits per heavy atom. The normalized spacial score (nSPS) is 24.6. The van der Waals surface area contributed by atoms with Crippen molar-refractivity contribution in [1.29, 1.82) is 0 Å². The lowest BCUT2D eigenvalue weighted by atomic mass is 9.54. The van der Waals surface area contributed by atoms with Crippen molar-refractivity contribution in [3.05, 3.63) is 59.7 Å². The van der Waals surface area contributed by atoms with Gasteiger partial charge in [-0.3, -0.25) is 4.79 Å². The summed E-state index contributed by atoms with van der Waals surface area (Å²) in [4.78, 5) is 19.9. The first kappa shape index (κ1) is 17.4. The summed E-state index contributed by atoms with van der Waals surface area (Å²) in [5.74, 6) is -0.778. The lowest BCUT2D eigenvalue weighted by molar-refractivity contribution is -0.137. The zero-order valence-corrected chi connectivity index (χ0v) is 15.1. The molecule has 0 saturated carbocycles. The Bertz CT molecular complexity index is 797. The van der Waals surface area contributed by atoms with Crippen molar-refractivity contribution in [2.45, 2.75) is 31.8 Å². The van der Waals surface area contributed by atoms with E-state index < -0.39 is 16.9 Å². The highest BCUT2D eigenvalue weighted by Gasteiger charge is 2.58. The summed E-state index contributed by atoms with van der Waals surface area (Å²) < 4.78 is 0. The molecular formula is C20H25N3O2. The molecule has 2 aromatic rings. The predicted molar refractivity (Wildman–Crippen MR) is 97.7 cm³/mol. The van der Waals surface area contributed by atoms with Crippen molar-refractivity contribution in [2.24, 2.45) is 11.8 Å². The number of aliphatic hydroxyl groups is 1. The molecule has 0 aliphatic heterocycles. The summed E-state index contributed by atoms with van der Waals surface area (Å²) in [7, 11) is 1.63. The molecule has 1 aliphatic rings. The maximum Gasteiger partial charge on any atom is 0.227 e. The molecule has 1 aromatic carbocycles. The van der Waals surface area contributed by atoms with Crippen LogP contribution in [0.4, 0.5) is 0 Å². The number of rotatable bonds is 4. The molecule has 5 nitrogen and oxygen atoms in total. The van der Waals surface area contributed by atoms with E-state index in [1.165, 1.54) is 0 Å². The van der Waals surface area contributed by atoms with Gasteiger partial charge in [0.05, 0.1) is 24.1 Å². The standard InChI is InChI=1S/C20H25N3O2/c1-13(2)20(25,17-11-22-12-23-17)19(3)15-8-6-5-7-14(15)9-10-16(19)18(24)21-4/h5-13,16,25H,1-4H3,(H,21,24)(H,22,23). The molecule has 25 heavy (non-hydrogen) atoms. The van der Waals surface area contributed by atoms with Crippen molar-refractivity contribution in [3.63, 3.8) is 0 Å². The van der Waals surface area contributed by atoms with E-state index in [0.717, 1.165) is 11.1 Å². The zero-order valence-electron chi connectivity index (χ0n) is 15.1. The van der Waals surface area contributed by atoms with Crippen LogP contribution in [0.3, 0.4) is 0 Å². The van der Waals surface area contributed by atoms with Gasteiger partial charge < -0.3 is 15.4 Å². The molecular weight excluding hydrogens is 314 g/mol. The van der Waals surface area contributed by atoms with Gasteiger partial charge in [-0.15, -0.1) is 0 Å². The number of carbonyl (C=O) groups excluding carboxylic acids is 1. The summed E-state index contributed by atoms with van der Waals surface area (Å²) in [6.45, 7) is 5.90. The van der Waals surface area contributed by atoms with E-state index in [1.807, 2.05) is 57.2 Å². The lowest BCUT2D eigenvalue weighted by Crippen LogP contribution is -2.58. The minimum Gasteiger partial charge on any atom is -0.382 e. The Hall–Kier alpha value is -2.40. The van der Waals surface area contributed by atoms with Gasteiger partial charge in [-0.2, -0.15) is 0 Å². The molecule has 1 amide bonds. The molecule has 5 heteroatoms. The first-order chi connectivity index (χ1) is 11.9. The third-order valence-electron chi connectivity index (χ3n) is 5.68. The van der Waals surface area contributed by atoms with Crippen LogP contribution in [0.5, 0.6) is 0 Å². The second kappa shape index (κ2) is 6.15. The van der Waals surface area contributed by atoms with Crippen molar-refractivity contribution >= 4 is 12.0 Å². The fourth-order valence-electron chi connectivity index (χ4n) is 4.28. The second-order valence-electron chi connectivity index (χ2n) is 7.13. The number of nitrogens with zero attached hydrogens (tertiary/aromatic N) is 1. The maximum absolute atomic E-state index is 12.7. The number of hydrogen-bond acceptors (Lipinski definition) is 3. The number of aromatic amines is 1. The number of carbonyl (C=O) groups is 1. The van der Waals surface area contributed by atoms with Gasteiger partial charge >= 0.3 is 0 Å². The summed E-state index contributed by atoms with van der Waals surface area (Å²) >= 11 is 0. The van der Waals surface area contributed by atoms with Crippen molar-refractivity contribution in [2.75, 3.05) is 7.05 Å². The highest BCUT2D eigenvalue weighted by molar-refractivity contribution is 5.85.